The maximum absolute atomic E-state index is 12.4. The van der Waals surface area contributed by atoms with Crippen molar-refractivity contribution in [1.29, 1.82) is 0 Å². The minimum atomic E-state index is -0.394. The molecule has 1 fully saturated rings. The van der Waals surface area contributed by atoms with Gasteiger partial charge < -0.3 is 15.2 Å². The predicted octanol–water partition coefficient (Wildman–Crippen LogP) is 3.47. The molecule has 0 aliphatic heterocycles. The fourth-order valence-electron chi connectivity index (χ4n) is 3.20. The Balaban J connectivity index is 1.87. The summed E-state index contributed by atoms with van der Waals surface area (Å²) in [7, 11) is 1.84. The lowest BCUT2D eigenvalue weighted by Crippen LogP contribution is -2.29. The van der Waals surface area contributed by atoms with E-state index in [9.17, 15) is 9.59 Å². The largest absolute Gasteiger partial charge is 0.366 e. The number of carbonyl (C=O) groups excluding carboxylic acids is 2. The van der Waals surface area contributed by atoms with Crippen molar-refractivity contribution in [3.8, 4) is 0 Å². The molecule has 2 N–H and O–H groups in total. The fourth-order valence-corrected chi connectivity index (χ4v) is 3.20. The summed E-state index contributed by atoms with van der Waals surface area (Å²) >= 11 is 0. The lowest BCUT2D eigenvalue weighted by molar-refractivity contribution is -0.132. The van der Waals surface area contributed by atoms with Gasteiger partial charge in [0, 0.05) is 43.2 Å². The zero-order valence-corrected chi connectivity index (χ0v) is 15.5. The zero-order valence-electron chi connectivity index (χ0n) is 15.5. The van der Waals surface area contributed by atoms with Crippen molar-refractivity contribution < 1.29 is 9.59 Å². The van der Waals surface area contributed by atoms with E-state index in [1.165, 1.54) is 0 Å². The Bertz CT molecular complexity index is 825. The molecule has 0 radical (unpaired) electrons. The molecule has 134 valence electrons. The Morgan fingerprint density at radius 3 is 2.52 bits per heavy atom. The molecule has 5 nitrogen and oxygen atoms in total. The van der Waals surface area contributed by atoms with E-state index in [1.54, 1.807) is 4.90 Å². The van der Waals surface area contributed by atoms with Gasteiger partial charge in [0.05, 0.1) is 5.56 Å². The molecule has 0 atom stereocenters. The summed E-state index contributed by atoms with van der Waals surface area (Å²) in [5, 5.41) is 0.895. The molecule has 1 aromatic heterocycles. The van der Waals surface area contributed by atoms with Crippen molar-refractivity contribution in [2.75, 3.05) is 7.05 Å². The van der Waals surface area contributed by atoms with Crippen LogP contribution in [-0.4, -0.2) is 28.3 Å². The number of amides is 2. The zero-order chi connectivity index (χ0) is 18.4. The Hall–Kier alpha value is -2.30. The lowest BCUT2D eigenvalue weighted by atomic mass is 9.91. The van der Waals surface area contributed by atoms with Crippen LogP contribution in [0.2, 0.25) is 0 Å². The second-order valence-corrected chi connectivity index (χ2v) is 8.38. The molecule has 5 heteroatoms. The summed E-state index contributed by atoms with van der Waals surface area (Å²) in [6, 6.07) is 6.48. The van der Waals surface area contributed by atoms with E-state index in [4.69, 9.17) is 5.73 Å². The number of hydrogen-bond acceptors (Lipinski definition) is 2. The molecular formula is C20H27N3O2. The molecule has 1 heterocycles. The van der Waals surface area contributed by atoms with Crippen molar-refractivity contribution in [2.24, 2.45) is 11.1 Å². The van der Waals surface area contributed by atoms with Gasteiger partial charge in [-0.3, -0.25) is 9.59 Å². The number of fused-ring (bicyclic) bond motifs is 1. The first-order valence-electron chi connectivity index (χ1n) is 8.83. The van der Waals surface area contributed by atoms with Gasteiger partial charge in [-0.15, -0.1) is 0 Å². The van der Waals surface area contributed by atoms with Crippen LogP contribution in [0.4, 0.5) is 0 Å². The van der Waals surface area contributed by atoms with Crippen LogP contribution in [0.25, 0.3) is 10.9 Å². The highest BCUT2D eigenvalue weighted by Crippen LogP contribution is 2.39. The molecular weight excluding hydrogens is 314 g/mol. The van der Waals surface area contributed by atoms with Crippen LogP contribution in [0, 0.1) is 5.41 Å². The van der Waals surface area contributed by atoms with Crippen LogP contribution in [0.5, 0.6) is 0 Å². The van der Waals surface area contributed by atoms with Crippen molar-refractivity contribution in [3.05, 3.63) is 35.5 Å². The van der Waals surface area contributed by atoms with Crippen molar-refractivity contribution >= 4 is 22.7 Å². The van der Waals surface area contributed by atoms with Gasteiger partial charge in [-0.25, -0.2) is 0 Å². The minimum absolute atomic E-state index is 0.0215. The lowest BCUT2D eigenvalue weighted by Gasteiger charge is -2.23. The summed E-state index contributed by atoms with van der Waals surface area (Å²) in [4.78, 5) is 25.8. The number of carbonyl (C=O) groups is 2. The van der Waals surface area contributed by atoms with Gasteiger partial charge in [0.2, 0.25) is 5.91 Å². The molecule has 2 aromatic rings. The number of hydrogen-bond donors (Lipinski definition) is 1. The third kappa shape index (κ3) is 3.86. The summed E-state index contributed by atoms with van der Waals surface area (Å²) in [6.07, 6.45) is 4.67. The van der Waals surface area contributed by atoms with E-state index in [2.05, 4.69) is 31.4 Å². The topological polar surface area (TPSA) is 68.3 Å². The molecule has 3 rings (SSSR count). The van der Waals surface area contributed by atoms with E-state index < -0.39 is 5.91 Å². The van der Waals surface area contributed by atoms with Gasteiger partial charge in [-0.2, -0.15) is 0 Å². The van der Waals surface area contributed by atoms with Crippen LogP contribution in [0.1, 0.15) is 62.0 Å². The molecule has 1 aromatic carbocycles. The standard InChI is InChI=1S/C20H27N3O2/c1-20(2,3)10-18(24)22(4)11-13-5-8-15-16(19(21)25)12-23(14-6-7-14)17(15)9-13/h5,8-9,12,14H,6-7,10-11H2,1-4H3,(H2,21,25). The van der Waals surface area contributed by atoms with Crippen LogP contribution >= 0.6 is 0 Å². The van der Waals surface area contributed by atoms with Gasteiger partial charge >= 0.3 is 0 Å². The fraction of sp³-hybridized carbons (Fsp3) is 0.500. The van der Waals surface area contributed by atoms with Crippen molar-refractivity contribution in [1.82, 2.24) is 9.47 Å². The average Bonchev–Trinajstić information content (AvgIpc) is 3.26. The average molecular weight is 341 g/mol. The number of primary amides is 1. The van der Waals surface area contributed by atoms with Crippen molar-refractivity contribution in [3.63, 3.8) is 0 Å². The van der Waals surface area contributed by atoms with Crippen molar-refractivity contribution in [2.45, 2.75) is 52.6 Å². The third-order valence-corrected chi connectivity index (χ3v) is 4.63. The molecule has 25 heavy (non-hydrogen) atoms. The molecule has 1 saturated carbocycles. The maximum Gasteiger partial charge on any atom is 0.250 e. The second-order valence-electron chi connectivity index (χ2n) is 8.38. The summed E-state index contributed by atoms with van der Waals surface area (Å²) < 4.78 is 2.16. The van der Waals surface area contributed by atoms with Gasteiger partial charge in [-0.05, 0) is 29.9 Å². The number of nitrogens with two attached hydrogens (primary N) is 1. The summed E-state index contributed by atoms with van der Waals surface area (Å²) in [5.74, 6) is -0.252. The van der Waals surface area contributed by atoms with Gasteiger partial charge in [-0.1, -0.05) is 32.9 Å². The highest BCUT2D eigenvalue weighted by Gasteiger charge is 2.27. The molecule has 0 saturated heterocycles. The van der Waals surface area contributed by atoms with E-state index in [-0.39, 0.29) is 11.3 Å². The van der Waals surface area contributed by atoms with E-state index >= 15 is 0 Å². The van der Waals surface area contributed by atoms with Crippen LogP contribution in [0.15, 0.2) is 24.4 Å². The minimum Gasteiger partial charge on any atom is -0.366 e. The number of rotatable bonds is 5. The van der Waals surface area contributed by atoms with Crippen LogP contribution < -0.4 is 5.73 Å². The SMILES string of the molecule is CN(Cc1ccc2c(C(N)=O)cn(C3CC3)c2c1)C(=O)CC(C)(C)C. The first kappa shape index (κ1) is 17.5. The quantitative estimate of drug-likeness (QED) is 0.905. The highest BCUT2D eigenvalue weighted by atomic mass is 16.2. The second kappa shape index (κ2) is 6.21. The summed E-state index contributed by atoms with van der Waals surface area (Å²) in [6.45, 7) is 6.77. The summed E-state index contributed by atoms with van der Waals surface area (Å²) in [5.41, 5.74) is 8.18. The number of benzene rings is 1. The molecule has 1 aliphatic carbocycles. The normalized spacial score (nSPS) is 14.7. The molecule has 0 bridgehead atoms. The maximum atomic E-state index is 12.4. The van der Waals surface area contributed by atoms with Gasteiger partial charge in [0.25, 0.3) is 5.91 Å². The smallest absolute Gasteiger partial charge is 0.250 e. The van der Waals surface area contributed by atoms with Crippen LogP contribution in [-0.2, 0) is 11.3 Å². The molecule has 0 unspecified atom stereocenters. The Kier molecular flexibility index (Phi) is 4.35. The highest BCUT2D eigenvalue weighted by molar-refractivity contribution is 6.06. The van der Waals surface area contributed by atoms with Gasteiger partial charge in [0.1, 0.15) is 0 Å². The Morgan fingerprint density at radius 2 is 1.96 bits per heavy atom. The molecule has 0 spiro atoms. The molecule has 2 amide bonds. The van der Waals surface area contributed by atoms with Gasteiger partial charge in [0.15, 0.2) is 0 Å². The number of nitrogens with zero attached hydrogens (tertiary/aromatic N) is 2. The van der Waals surface area contributed by atoms with Crippen LogP contribution in [0.3, 0.4) is 0 Å². The Labute approximate surface area is 148 Å². The third-order valence-electron chi connectivity index (χ3n) is 4.63. The predicted molar refractivity (Wildman–Crippen MR) is 99.3 cm³/mol. The van der Waals surface area contributed by atoms with E-state index in [0.29, 0.717) is 24.6 Å². The molecule has 1 aliphatic rings. The Morgan fingerprint density at radius 1 is 1.28 bits per heavy atom. The van der Waals surface area contributed by atoms with E-state index in [1.807, 2.05) is 25.4 Å². The number of aromatic nitrogens is 1. The first-order valence-corrected chi connectivity index (χ1v) is 8.83. The van der Waals surface area contributed by atoms with E-state index in [0.717, 1.165) is 29.3 Å². The first-order chi connectivity index (χ1) is 11.7. The monoisotopic (exact) mass is 341 g/mol.